The molecule has 2 amide bonds. The van der Waals surface area contributed by atoms with Gasteiger partial charge in [0.25, 0.3) is 0 Å². The minimum Gasteiger partial charge on any atom is -0.456 e. The summed E-state index contributed by atoms with van der Waals surface area (Å²) in [4.78, 5) is 32.4. The molecule has 2 N–H and O–H groups in total. The minimum atomic E-state index is -0.506. The van der Waals surface area contributed by atoms with E-state index in [0.29, 0.717) is 18.0 Å². The highest BCUT2D eigenvalue weighted by atomic mass is 19.1. The van der Waals surface area contributed by atoms with Crippen molar-refractivity contribution in [1.82, 2.24) is 20.5 Å². The third kappa shape index (κ3) is 5.91. The van der Waals surface area contributed by atoms with Crippen LogP contribution in [0.15, 0.2) is 42.7 Å². The van der Waals surface area contributed by atoms with E-state index in [1.54, 1.807) is 31.6 Å². The molecule has 2 atom stereocenters. The smallest absolute Gasteiger partial charge is 0.245 e. The summed E-state index contributed by atoms with van der Waals surface area (Å²) in [6.45, 7) is 0.838. The Morgan fingerprint density at radius 2 is 1.85 bits per heavy atom. The Bertz CT molecular complexity index is 978. The molecule has 2 fully saturated rings. The maximum Gasteiger partial charge on any atom is 0.245 e. The van der Waals surface area contributed by atoms with Crippen molar-refractivity contribution in [2.75, 3.05) is 20.1 Å². The van der Waals surface area contributed by atoms with Gasteiger partial charge in [-0.25, -0.2) is 4.39 Å². The van der Waals surface area contributed by atoms with Crippen LogP contribution in [0.1, 0.15) is 56.6 Å². The monoisotopic (exact) mass is 468 g/mol. The van der Waals surface area contributed by atoms with Gasteiger partial charge in [-0.3, -0.25) is 14.6 Å². The van der Waals surface area contributed by atoms with Crippen molar-refractivity contribution in [1.29, 1.82) is 0 Å². The molecule has 0 unspecified atom stereocenters. The third-order valence-corrected chi connectivity index (χ3v) is 6.75. The number of halogens is 1. The van der Waals surface area contributed by atoms with E-state index in [1.165, 1.54) is 18.6 Å². The number of carbonyl (C=O) groups excluding carboxylic acids is 2. The van der Waals surface area contributed by atoms with Crippen molar-refractivity contribution >= 4 is 11.8 Å². The maximum atomic E-state index is 13.8. The standard InChI is InChI=1S/C26H33FN4O3/c1-28-17-24(32)30-25(18-6-3-2-4-7-18)26(33)31-13-5-8-23(31)19-14-22(16-29-15-19)34-21-11-9-20(27)10-12-21/h9-12,14-16,18,23,25,28H,2-8,13,17H2,1H3,(H,30,32)/t23-,25-/m0/s1. The van der Waals surface area contributed by atoms with Crippen LogP contribution in [0, 0.1) is 11.7 Å². The lowest BCUT2D eigenvalue weighted by Gasteiger charge is -2.35. The molecule has 1 saturated carbocycles. The van der Waals surface area contributed by atoms with E-state index >= 15 is 0 Å². The number of nitrogens with one attached hydrogen (secondary N) is 2. The van der Waals surface area contributed by atoms with E-state index in [-0.39, 0.29) is 36.1 Å². The highest BCUT2D eigenvalue weighted by Gasteiger charge is 2.38. The molecule has 4 rings (SSSR count). The predicted octanol–water partition coefficient (Wildman–Crippen LogP) is 3.96. The van der Waals surface area contributed by atoms with E-state index in [4.69, 9.17) is 4.74 Å². The number of ether oxygens (including phenoxy) is 1. The first-order valence-electron chi connectivity index (χ1n) is 12.2. The molecule has 2 heterocycles. The highest BCUT2D eigenvalue weighted by Crippen LogP contribution is 2.36. The third-order valence-electron chi connectivity index (χ3n) is 6.75. The van der Waals surface area contributed by atoms with E-state index in [1.807, 2.05) is 11.0 Å². The number of aromatic nitrogens is 1. The van der Waals surface area contributed by atoms with Crippen molar-refractivity contribution in [2.24, 2.45) is 5.92 Å². The molecule has 1 aliphatic carbocycles. The summed E-state index contributed by atoms with van der Waals surface area (Å²) in [5.74, 6) is 0.726. The molecule has 1 saturated heterocycles. The second-order valence-corrected chi connectivity index (χ2v) is 9.17. The molecule has 0 spiro atoms. The van der Waals surface area contributed by atoms with Crippen LogP contribution in [0.5, 0.6) is 11.5 Å². The van der Waals surface area contributed by atoms with Crippen molar-refractivity contribution < 1.29 is 18.7 Å². The van der Waals surface area contributed by atoms with Crippen molar-refractivity contribution in [3.8, 4) is 11.5 Å². The lowest BCUT2D eigenvalue weighted by molar-refractivity contribution is -0.139. The number of nitrogens with zero attached hydrogens (tertiary/aromatic N) is 2. The molecule has 1 aliphatic heterocycles. The van der Waals surface area contributed by atoms with Gasteiger partial charge in [0.05, 0.1) is 18.8 Å². The molecule has 2 aliphatic rings. The van der Waals surface area contributed by atoms with Gasteiger partial charge in [0.2, 0.25) is 11.8 Å². The molecule has 7 nitrogen and oxygen atoms in total. The summed E-state index contributed by atoms with van der Waals surface area (Å²) in [7, 11) is 1.72. The Morgan fingerprint density at radius 3 is 2.59 bits per heavy atom. The summed E-state index contributed by atoms with van der Waals surface area (Å²) in [6.07, 6.45) is 10.4. The Kier molecular flexibility index (Phi) is 8.11. The van der Waals surface area contributed by atoms with Gasteiger partial charge in [0.15, 0.2) is 0 Å². The Labute approximate surface area is 200 Å². The van der Waals surface area contributed by atoms with Crippen LogP contribution in [0.2, 0.25) is 0 Å². The normalized spacial score (nSPS) is 19.6. The van der Waals surface area contributed by atoms with Crippen LogP contribution in [-0.2, 0) is 9.59 Å². The number of likely N-dealkylation sites (N-methyl/N-ethyl adjacent to an activating group) is 1. The predicted molar refractivity (Wildman–Crippen MR) is 127 cm³/mol. The largest absolute Gasteiger partial charge is 0.456 e. The molecule has 34 heavy (non-hydrogen) atoms. The zero-order valence-electron chi connectivity index (χ0n) is 19.6. The molecular weight excluding hydrogens is 435 g/mol. The molecule has 2 aromatic rings. The van der Waals surface area contributed by atoms with E-state index in [9.17, 15) is 14.0 Å². The minimum absolute atomic E-state index is 0.0105. The van der Waals surface area contributed by atoms with Crippen LogP contribution in [0.4, 0.5) is 4.39 Å². The van der Waals surface area contributed by atoms with Gasteiger partial charge in [0.1, 0.15) is 23.4 Å². The van der Waals surface area contributed by atoms with Gasteiger partial charge in [0, 0.05) is 12.7 Å². The van der Waals surface area contributed by atoms with Crippen molar-refractivity contribution in [3.05, 3.63) is 54.1 Å². The molecule has 182 valence electrons. The number of hydrogen-bond acceptors (Lipinski definition) is 5. The summed E-state index contributed by atoms with van der Waals surface area (Å²) < 4.78 is 19.1. The van der Waals surface area contributed by atoms with E-state index in [2.05, 4.69) is 15.6 Å². The first-order chi connectivity index (χ1) is 16.5. The highest BCUT2D eigenvalue weighted by molar-refractivity contribution is 5.89. The van der Waals surface area contributed by atoms with Crippen molar-refractivity contribution in [3.63, 3.8) is 0 Å². The number of benzene rings is 1. The lowest BCUT2D eigenvalue weighted by atomic mass is 9.83. The lowest BCUT2D eigenvalue weighted by Crippen LogP contribution is -2.53. The van der Waals surface area contributed by atoms with Gasteiger partial charge < -0.3 is 20.3 Å². The number of amides is 2. The summed E-state index contributed by atoms with van der Waals surface area (Å²) in [5, 5.41) is 5.89. The second-order valence-electron chi connectivity index (χ2n) is 9.17. The fourth-order valence-electron chi connectivity index (χ4n) is 5.10. The van der Waals surface area contributed by atoms with Gasteiger partial charge in [-0.2, -0.15) is 0 Å². The summed E-state index contributed by atoms with van der Waals surface area (Å²) in [6, 6.07) is 7.08. The Morgan fingerprint density at radius 1 is 1.09 bits per heavy atom. The zero-order chi connectivity index (χ0) is 23.9. The Hall–Kier alpha value is -3.00. The van der Waals surface area contributed by atoms with E-state index in [0.717, 1.165) is 44.1 Å². The number of pyridine rings is 1. The number of carbonyl (C=O) groups is 2. The molecule has 8 heteroatoms. The van der Waals surface area contributed by atoms with E-state index < -0.39 is 6.04 Å². The first-order valence-corrected chi connectivity index (χ1v) is 12.2. The topological polar surface area (TPSA) is 83.6 Å². The quantitative estimate of drug-likeness (QED) is 0.613. The van der Waals surface area contributed by atoms with Gasteiger partial charge in [-0.15, -0.1) is 0 Å². The van der Waals surface area contributed by atoms with Gasteiger partial charge >= 0.3 is 0 Å². The average Bonchev–Trinajstić information content (AvgIpc) is 3.35. The van der Waals surface area contributed by atoms with Gasteiger partial charge in [-0.05, 0) is 74.5 Å². The molecular formula is C26H33FN4O3. The average molecular weight is 469 g/mol. The maximum absolute atomic E-state index is 13.8. The first kappa shape index (κ1) is 24.1. The number of likely N-dealkylation sites (tertiary alicyclic amines) is 1. The second kappa shape index (κ2) is 11.4. The summed E-state index contributed by atoms with van der Waals surface area (Å²) in [5.41, 5.74) is 0.898. The zero-order valence-corrected chi connectivity index (χ0v) is 19.6. The van der Waals surface area contributed by atoms with Gasteiger partial charge in [-0.1, -0.05) is 19.3 Å². The molecule has 1 aromatic heterocycles. The van der Waals surface area contributed by atoms with Crippen molar-refractivity contribution in [2.45, 2.75) is 57.0 Å². The SMILES string of the molecule is CNCC(=O)N[C@H](C(=O)N1CCC[C@H]1c1cncc(Oc2ccc(F)cc2)c1)C1CCCCC1. The molecule has 0 radical (unpaired) electrons. The number of rotatable bonds is 8. The van der Waals surface area contributed by atoms with Crippen LogP contribution in [-0.4, -0.2) is 47.9 Å². The van der Waals surface area contributed by atoms with Crippen LogP contribution in [0.25, 0.3) is 0 Å². The fourth-order valence-corrected chi connectivity index (χ4v) is 5.10. The number of hydrogen-bond donors (Lipinski definition) is 2. The van der Waals surface area contributed by atoms with Crippen LogP contribution < -0.4 is 15.4 Å². The molecule has 1 aromatic carbocycles. The van der Waals surface area contributed by atoms with Crippen LogP contribution in [0.3, 0.4) is 0 Å². The van der Waals surface area contributed by atoms with Crippen LogP contribution >= 0.6 is 0 Å². The fraction of sp³-hybridized carbons (Fsp3) is 0.500. The molecule has 0 bridgehead atoms. The summed E-state index contributed by atoms with van der Waals surface area (Å²) >= 11 is 0. The Balaban J connectivity index is 1.52.